The van der Waals surface area contributed by atoms with Crippen molar-refractivity contribution in [2.24, 2.45) is 0 Å². The minimum absolute atomic E-state index is 0.189. The van der Waals surface area contributed by atoms with Crippen molar-refractivity contribution < 1.29 is 27.4 Å². The van der Waals surface area contributed by atoms with Crippen LogP contribution in [0.15, 0.2) is 12.5 Å². The Bertz CT molecular complexity index is 132. The van der Waals surface area contributed by atoms with Crippen molar-refractivity contribution in [2.45, 2.75) is 6.36 Å². The smallest absolute Gasteiger partial charge is 0.496 e. The van der Waals surface area contributed by atoms with E-state index in [-0.39, 0.29) is 6.61 Å². The van der Waals surface area contributed by atoms with Gasteiger partial charge in [0, 0.05) is 7.11 Å². The van der Waals surface area contributed by atoms with Gasteiger partial charge in [0.1, 0.15) is 19.1 Å². The van der Waals surface area contributed by atoms with Crippen LogP contribution < -0.4 is 0 Å². The summed E-state index contributed by atoms with van der Waals surface area (Å²) >= 11 is 0. The van der Waals surface area contributed by atoms with Crippen LogP contribution in [-0.2, 0) is 14.2 Å². The molecule has 0 saturated heterocycles. The van der Waals surface area contributed by atoms with Crippen molar-refractivity contribution in [3.63, 3.8) is 0 Å². The lowest BCUT2D eigenvalue weighted by Gasteiger charge is -2.03. The molecule has 0 aliphatic heterocycles. The Labute approximate surface area is 67.7 Å². The second kappa shape index (κ2) is 5.70. The van der Waals surface area contributed by atoms with Gasteiger partial charge in [-0.3, -0.25) is 0 Å². The van der Waals surface area contributed by atoms with Crippen LogP contribution in [0, 0.1) is 0 Å². The highest BCUT2D eigenvalue weighted by molar-refractivity contribution is 4.61. The van der Waals surface area contributed by atoms with Crippen LogP contribution in [0.5, 0.6) is 0 Å². The predicted molar refractivity (Wildman–Crippen MR) is 34.1 cm³/mol. The number of methoxy groups -OCH3 is 1. The second-order valence-electron chi connectivity index (χ2n) is 1.70. The Morgan fingerprint density at radius 1 is 1.17 bits per heavy atom. The molecule has 0 aromatic carbocycles. The Hall–Kier alpha value is -0.910. The van der Waals surface area contributed by atoms with Gasteiger partial charge >= 0.3 is 6.36 Å². The zero-order valence-electron chi connectivity index (χ0n) is 6.43. The van der Waals surface area contributed by atoms with Gasteiger partial charge in [-0.05, 0) is 0 Å². The van der Waals surface area contributed by atoms with Gasteiger partial charge in [0.25, 0.3) is 0 Å². The van der Waals surface area contributed by atoms with Crippen LogP contribution in [0.2, 0.25) is 0 Å². The average molecular weight is 186 g/mol. The molecular weight excluding hydrogens is 177 g/mol. The van der Waals surface area contributed by atoms with Crippen molar-refractivity contribution in [3.8, 4) is 0 Å². The Kier molecular flexibility index (Phi) is 5.27. The van der Waals surface area contributed by atoms with Gasteiger partial charge in [0.15, 0.2) is 0 Å². The number of hydrogen-bond donors (Lipinski definition) is 0. The summed E-state index contributed by atoms with van der Waals surface area (Å²) in [7, 11) is 1.46. The van der Waals surface area contributed by atoms with Crippen LogP contribution in [0.1, 0.15) is 0 Å². The molecule has 0 spiro atoms. The lowest BCUT2D eigenvalue weighted by atomic mass is 10.8. The SMILES string of the molecule is COCCO/C=C\OC(F)(F)F. The molecule has 0 atom stereocenters. The van der Waals surface area contributed by atoms with Gasteiger partial charge in [-0.25, -0.2) is 0 Å². The van der Waals surface area contributed by atoms with Gasteiger partial charge in [-0.1, -0.05) is 0 Å². The van der Waals surface area contributed by atoms with Crippen molar-refractivity contribution in [3.05, 3.63) is 12.5 Å². The van der Waals surface area contributed by atoms with Crippen LogP contribution in [0.25, 0.3) is 0 Å². The fourth-order valence-electron chi connectivity index (χ4n) is 0.344. The molecule has 0 aliphatic carbocycles. The highest BCUT2D eigenvalue weighted by Crippen LogP contribution is 2.15. The van der Waals surface area contributed by atoms with Crippen LogP contribution in [0.4, 0.5) is 13.2 Å². The number of rotatable bonds is 5. The molecule has 0 unspecified atom stereocenters. The molecular formula is C6H9F3O3. The fraction of sp³-hybridized carbons (Fsp3) is 0.667. The summed E-state index contributed by atoms with van der Waals surface area (Å²) in [6, 6.07) is 0. The first-order valence-electron chi connectivity index (χ1n) is 3.06. The maximum absolute atomic E-state index is 11.3. The van der Waals surface area contributed by atoms with E-state index in [2.05, 4.69) is 14.2 Å². The van der Waals surface area contributed by atoms with E-state index in [1.165, 1.54) is 7.11 Å². The van der Waals surface area contributed by atoms with E-state index in [9.17, 15) is 13.2 Å². The lowest BCUT2D eigenvalue weighted by Crippen LogP contribution is -2.08. The van der Waals surface area contributed by atoms with E-state index in [1.54, 1.807) is 0 Å². The van der Waals surface area contributed by atoms with E-state index in [4.69, 9.17) is 0 Å². The molecule has 0 heterocycles. The monoisotopic (exact) mass is 186 g/mol. The molecule has 12 heavy (non-hydrogen) atoms. The Morgan fingerprint density at radius 3 is 2.33 bits per heavy atom. The minimum atomic E-state index is -4.65. The third-order valence-corrected chi connectivity index (χ3v) is 0.759. The van der Waals surface area contributed by atoms with Gasteiger partial charge in [-0.2, -0.15) is 0 Å². The molecule has 0 radical (unpaired) electrons. The van der Waals surface area contributed by atoms with Gasteiger partial charge in [0.05, 0.1) is 6.61 Å². The number of hydrogen-bond acceptors (Lipinski definition) is 3. The van der Waals surface area contributed by atoms with E-state index in [0.29, 0.717) is 12.9 Å². The third-order valence-electron chi connectivity index (χ3n) is 0.759. The first-order valence-corrected chi connectivity index (χ1v) is 3.06. The zero-order valence-corrected chi connectivity index (χ0v) is 6.43. The third kappa shape index (κ3) is 9.09. The normalized spacial score (nSPS) is 12.0. The summed E-state index contributed by atoms with van der Waals surface area (Å²) in [6.45, 7) is 0.505. The highest BCUT2D eigenvalue weighted by Gasteiger charge is 2.28. The van der Waals surface area contributed by atoms with Crippen molar-refractivity contribution >= 4 is 0 Å². The Morgan fingerprint density at radius 2 is 1.83 bits per heavy atom. The first kappa shape index (κ1) is 11.1. The van der Waals surface area contributed by atoms with E-state index in [1.807, 2.05) is 0 Å². The lowest BCUT2D eigenvalue weighted by molar-refractivity contribution is -0.298. The van der Waals surface area contributed by atoms with Crippen LogP contribution in [0.3, 0.4) is 0 Å². The summed E-state index contributed by atoms with van der Waals surface area (Å²) in [5.41, 5.74) is 0. The Balaban J connectivity index is 3.26. The molecule has 0 aromatic heterocycles. The van der Waals surface area contributed by atoms with Gasteiger partial charge in [0.2, 0.25) is 0 Å². The number of halogens is 3. The molecule has 6 heteroatoms. The van der Waals surface area contributed by atoms with E-state index < -0.39 is 6.36 Å². The van der Waals surface area contributed by atoms with Gasteiger partial charge < -0.3 is 14.2 Å². The predicted octanol–water partition coefficient (Wildman–Crippen LogP) is 1.66. The minimum Gasteiger partial charge on any atom is -0.496 e. The molecule has 0 N–H and O–H groups in total. The van der Waals surface area contributed by atoms with E-state index >= 15 is 0 Å². The van der Waals surface area contributed by atoms with E-state index in [0.717, 1.165) is 6.26 Å². The largest absolute Gasteiger partial charge is 0.572 e. The van der Waals surface area contributed by atoms with Crippen molar-refractivity contribution in [1.29, 1.82) is 0 Å². The summed E-state index contributed by atoms with van der Waals surface area (Å²) in [6.07, 6.45) is -3.41. The number of alkyl halides is 3. The molecule has 0 saturated carbocycles. The molecule has 0 amide bonds. The highest BCUT2D eigenvalue weighted by atomic mass is 19.4. The summed E-state index contributed by atoms with van der Waals surface area (Å²) < 4.78 is 46.2. The standard InChI is InChI=1S/C6H9F3O3/c1-10-2-3-11-4-5-12-6(7,8)9/h4-5H,2-3H2,1H3/b5-4-. The summed E-state index contributed by atoms with van der Waals surface area (Å²) in [5, 5.41) is 0. The molecule has 72 valence electrons. The topological polar surface area (TPSA) is 27.7 Å². The summed E-state index contributed by atoms with van der Waals surface area (Å²) in [5.74, 6) is 0. The summed E-state index contributed by atoms with van der Waals surface area (Å²) in [4.78, 5) is 0. The molecule has 0 aromatic rings. The molecule has 0 rings (SSSR count). The second-order valence-corrected chi connectivity index (χ2v) is 1.70. The first-order chi connectivity index (χ1) is 5.56. The van der Waals surface area contributed by atoms with Crippen LogP contribution in [-0.4, -0.2) is 26.7 Å². The molecule has 0 bridgehead atoms. The van der Waals surface area contributed by atoms with Crippen molar-refractivity contribution in [2.75, 3.05) is 20.3 Å². The molecule has 0 aliphatic rings. The zero-order chi connectivity index (χ0) is 9.45. The quantitative estimate of drug-likeness (QED) is 0.482. The fourth-order valence-corrected chi connectivity index (χ4v) is 0.344. The number of ether oxygens (including phenoxy) is 3. The van der Waals surface area contributed by atoms with Gasteiger partial charge in [-0.15, -0.1) is 13.2 Å². The molecule has 0 fully saturated rings. The van der Waals surface area contributed by atoms with Crippen molar-refractivity contribution in [1.82, 2.24) is 0 Å². The molecule has 3 nitrogen and oxygen atoms in total. The average Bonchev–Trinajstić information content (AvgIpc) is 1.94. The maximum atomic E-state index is 11.3. The maximum Gasteiger partial charge on any atom is 0.572 e. The van der Waals surface area contributed by atoms with Crippen LogP contribution >= 0.6 is 0 Å².